The first-order chi connectivity index (χ1) is 6.13. The highest BCUT2D eigenvalue weighted by Crippen LogP contribution is 2.13. The third-order valence-corrected chi connectivity index (χ3v) is 1.96. The lowest BCUT2D eigenvalue weighted by atomic mass is 10.1. The molecule has 0 aromatic heterocycles. The highest BCUT2D eigenvalue weighted by Gasteiger charge is 1.98. The van der Waals surface area contributed by atoms with Crippen molar-refractivity contribution in [3.63, 3.8) is 0 Å². The SMILES string of the molecule is C=CC(=O)Nc1ccc(C)c(C)c1. The summed E-state index contributed by atoms with van der Waals surface area (Å²) in [5.74, 6) is -0.178. The number of hydrogen-bond donors (Lipinski definition) is 1. The second-order valence-corrected chi connectivity index (χ2v) is 2.99. The monoisotopic (exact) mass is 175 g/mol. The van der Waals surface area contributed by atoms with Crippen LogP contribution in [0.2, 0.25) is 0 Å². The molecule has 1 aromatic rings. The lowest BCUT2D eigenvalue weighted by Crippen LogP contribution is -2.07. The van der Waals surface area contributed by atoms with E-state index in [0.29, 0.717) is 0 Å². The maximum Gasteiger partial charge on any atom is 0.247 e. The molecule has 0 aliphatic rings. The zero-order valence-electron chi connectivity index (χ0n) is 7.92. The predicted molar refractivity (Wildman–Crippen MR) is 54.7 cm³/mol. The lowest BCUT2D eigenvalue weighted by molar-refractivity contribution is -0.111. The van der Waals surface area contributed by atoms with Crippen molar-refractivity contribution >= 4 is 11.6 Å². The van der Waals surface area contributed by atoms with E-state index in [-0.39, 0.29) is 5.91 Å². The van der Waals surface area contributed by atoms with Crippen molar-refractivity contribution < 1.29 is 4.79 Å². The molecule has 0 unspecified atom stereocenters. The van der Waals surface area contributed by atoms with Crippen LogP contribution >= 0.6 is 0 Å². The zero-order valence-corrected chi connectivity index (χ0v) is 7.92. The molecule has 0 fully saturated rings. The standard InChI is InChI=1S/C11H13NO/c1-4-11(13)12-10-6-5-8(2)9(3)7-10/h4-7H,1H2,2-3H3,(H,12,13). The average molecular weight is 175 g/mol. The molecule has 0 saturated heterocycles. The summed E-state index contributed by atoms with van der Waals surface area (Å²) in [5.41, 5.74) is 3.20. The van der Waals surface area contributed by atoms with Crippen molar-refractivity contribution in [2.75, 3.05) is 5.32 Å². The fourth-order valence-electron chi connectivity index (χ4n) is 1.01. The van der Waals surface area contributed by atoms with Crippen molar-refractivity contribution in [3.05, 3.63) is 42.0 Å². The molecule has 0 radical (unpaired) electrons. The summed E-state index contributed by atoms with van der Waals surface area (Å²) in [4.78, 5) is 10.9. The van der Waals surface area contributed by atoms with E-state index in [1.807, 2.05) is 32.0 Å². The number of anilines is 1. The Morgan fingerprint density at radius 3 is 2.62 bits per heavy atom. The van der Waals surface area contributed by atoms with Gasteiger partial charge in [0.15, 0.2) is 0 Å². The van der Waals surface area contributed by atoms with E-state index in [1.165, 1.54) is 17.2 Å². The van der Waals surface area contributed by atoms with Gasteiger partial charge >= 0.3 is 0 Å². The van der Waals surface area contributed by atoms with Crippen molar-refractivity contribution in [3.8, 4) is 0 Å². The Kier molecular flexibility index (Phi) is 2.85. The molecule has 0 bridgehead atoms. The number of carbonyl (C=O) groups excluding carboxylic acids is 1. The Morgan fingerprint density at radius 2 is 2.08 bits per heavy atom. The maximum atomic E-state index is 10.9. The highest BCUT2D eigenvalue weighted by atomic mass is 16.1. The number of amides is 1. The minimum atomic E-state index is -0.178. The minimum Gasteiger partial charge on any atom is -0.323 e. The van der Waals surface area contributed by atoms with Crippen LogP contribution in [0.25, 0.3) is 0 Å². The van der Waals surface area contributed by atoms with E-state index in [4.69, 9.17) is 0 Å². The fourth-order valence-corrected chi connectivity index (χ4v) is 1.01. The van der Waals surface area contributed by atoms with Gasteiger partial charge in [-0.2, -0.15) is 0 Å². The molecule has 0 aliphatic heterocycles. The maximum absolute atomic E-state index is 10.9. The Morgan fingerprint density at radius 1 is 1.38 bits per heavy atom. The summed E-state index contributed by atoms with van der Waals surface area (Å²) in [6.07, 6.45) is 1.26. The van der Waals surface area contributed by atoms with Gasteiger partial charge in [-0.3, -0.25) is 4.79 Å². The minimum absolute atomic E-state index is 0.178. The Balaban J connectivity index is 2.85. The zero-order chi connectivity index (χ0) is 9.84. The Labute approximate surface area is 78.3 Å². The number of aryl methyl sites for hydroxylation is 2. The Hall–Kier alpha value is -1.57. The molecule has 1 N–H and O–H groups in total. The van der Waals surface area contributed by atoms with E-state index in [0.717, 1.165) is 5.69 Å². The number of benzene rings is 1. The molecule has 2 heteroatoms. The molecule has 2 nitrogen and oxygen atoms in total. The van der Waals surface area contributed by atoms with Gasteiger partial charge in [-0.15, -0.1) is 0 Å². The van der Waals surface area contributed by atoms with Gasteiger partial charge in [0.2, 0.25) is 5.91 Å². The second-order valence-electron chi connectivity index (χ2n) is 2.99. The first-order valence-corrected chi connectivity index (χ1v) is 4.14. The number of carbonyl (C=O) groups is 1. The van der Waals surface area contributed by atoms with E-state index < -0.39 is 0 Å². The summed E-state index contributed by atoms with van der Waals surface area (Å²) < 4.78 is 0. The molecule has 0 spiro atoms. The third kappa shape index (κ3) is 2.44. The molecule has 1 rings (SSSR count). The highest BCUT2D eigenvalue weighted by molar-refractivity contribution is 5.98. The van der Waals surface area contributed by atoms with Gasteiger partial charge < -0.3 is 5.32 Å². The molecule has 1 amide bonds. The summed E-state index contributed by atoms with van der Waals surface area (Å²) in [6.45, 7) is 7.43. The summed E-state index contributed by atoms with van der Waals surface area (Å²) in [6, 6.07) is 5.80. The van der Waals surface area contributed by atoms with Crippen molar-refractivity contribution in [1.82, 2.24) is 0 Å². The van der Waals surface area contributed by atoms with Gasteiger partial charge in [0, 0.05) is 5.69 Å². The topological polar surface area (TPSA) is 29.1 Å². The van der Waals surface area contributed by atoms with Crippen LogP contribution in [0.4, 0.5) is 5.69 Å². The summed E-state index contributed by atoms with van der Waals surface area (Å²) in [5, 5.41) is 2.70. The quantitative estimate of drug-likeness (QED) is 0.687. The van der Waals surface area contributed by atoms with Crippen LogP contribution in [0, 0.1) is 13.8 Å². The first kappa shape index (κ1) is 9.52. The molecule has 0 saturated carbocycles. The number of nitrogens with one attached hydrogen (secondary N) is 1. The molecule has 0 atom stereocenters. The Bertz CT molecular complexity index is 342. The van der Waals surface area contributed by atoms with Crippen LogP contribution in [0.5, 0.6) is 0 Å². The van der Waals surface area contributed by atoms with E-state index in [1.54, 1.807) is 0 Å². The van der Waals surface area contributed by atoms with Gasteiger partial charge in [-0.25, -0.2) is 0 Å². The number of rotatable bonds is 2. The van der Waals surface area contributed by atoms with E-state index in [9.17, 15) is 4.79 Å². The van der Waals surface area contributed by atoms with Gasteiger partial charge in [-0.1, -0.05) is 12.6 Å². The molecular formula is C11H13NO. The molecule has 0 aliphatic carbocycles. The summed E-state index contributed by atoms with van der Waals surface area (Å²) in [7, 11) is 0. The average Bonchev–Trinajstić information content (AvgIpc) is 2.11. The van der Waals surface area contributed by atoms with Crippen LogP contribution in [0.1, 0.15) is 11.1 Å². The first-order valence-electron chi connectivity index (χ1n) is 4.14. The molecule has 0 heterocycles. The molecule has 68 valence electrons. The lowest BCUT2D eigenvalue weighted by Gasteiger charge is -2.04. The van der Waals surface area contributed by atoms with Crippen LogP contribution in [0.15, 0.2) is 30.9 Å². The van der Waals surface area contributed by atoms with Gasteiger partial charge in [0.05, 0.1) is 0 Å². The fraction of sp³-hybridized carbons (Fsp3) is 0.182. The van der Waals surface area contributed by atoms with Crippen LogP contribution in [-0.2, 0) is 4.79 Å². The summed E-state index contributed by atoms with van der Waals surface area (Å²) >= 11 is 0. The smallest absolute Gasteiger partial charge is 0.247 e. The third-order valence-electron chi connectivity index (χ3n) is 1.96. The van der Waals surface area contributed by atoms with Crippen LogP contribution in [0.3, 0.4) is 0 Å². The van der Waals surface area contributed by atoms with Gasteiger partial charge in [-0.05, 0) is 43.2 Å². The normalized spacial score (nSPS) is 9.38. The largest absolute Gasteiger partial charge is 0.323 e. The van der Waals surface area contributed by atoms with Crippen LogP contribution in [-0.4, -0.2) is 5.91 Å². The van der Waals surface area contributed by atoms with Crippen molar-refractivity contribution in [2.45, 2.75) is 13.8 Å². The van der Waals surface area contributed by atoms with Gasteiger partial charge in [0.25, 0.3) is 0 Å². The predicted octanol–water partition coefficient (Wildman–Crippen LogP) is 2.43. The van der Waals surface area contributed by atoms with Crippen molar-refractivity contribution in [1.29, 1.82) is 0 Å². The molecule has 1 aromatic carbocycles. The molecule has 13 heavy (non-hydrogen) atoms. The van der Waals surface area contributed by atoms with E-state index >= 15 is 0 Å². The van der Waals surface area contributed by atoms with Gasteiger partial charge in [0.1, 0.15) is 0 Å². The van der Waals surface area contributed by atoms with Crippen LogP contribution < -0.4 is 5.32 Å². The molecular weight excluding hydrogens is 162 g/mol. The number of hydrogen-bond acceptors (Lipinski definition) is 1. The van der Waals surface area contributed by atoms with Crippen molar-refractivity contribution in [2.24, 2.45) is 0 Å². The van der Waals surface area contributed by atoms with E-state index in [2.05, 4.69) is 11.9 Å². The second kappa shape index (κ2) is 3.90.